The Bertz CT molecular complexity index is 686. The van der Waals surface area contributed by atoms with Crippen LogP contribution in [-0.4, -0.2) is 24.0 Å². The lowest BCUT2D eigenvalue weighted by atomic mass is 10.1. The van der Waals surface area contributed by atoms with Crippen LogP contribution in [0, 0.1) is 0 Å². The molecule has 1 N–H and O–H groups in total. The van der Waals surface area contributed by atoms with E-state index in [1.807, 2.05) is 25.1 Å². The van der Waals surface area contributed by atoms with E-state index < -0.39 is 5.97 Å². The fourth-order valence-corrected chi connectivity index (χ4v) is 2.24. The first-order valence-electron chi connectivity index (χ1n) is 6.62. The summed E-state index contributed by atoms with van der Waals surface area (Å²) in [5.74, 6) is -0.840. The molecule has 0 spiro atoms. The van der Waals surface area contributed by atoms with Crippen molar-refractivity contribution < 1.29 is 14.3 Å². The lowest BCUT2D eigenvalue weighted by Crippen LogP contribution is -2.27. The molecule has 0 bridgehead atoms. The summed E-state index contributed by atoms with van der Waals surface area (Å²) in [7, 11) is 1.29. The molecular formula is C16H15ClN2O3. The van der Waals surface area contributed by atoms with E-state index in [0.717, 1.165) is 5.56 Å². The van der Waals surface area contributed by atoms with Crippen molar-refractivity contribution in [1.82, 2.24) is 10.3 Å². The van der Waals surface area contributed by atoms with Gasteiger partial charge in [0.25, 0.3) is 5.91 Å². The number of nitrogens with zero attached hydrogens (tertiary/aromatic N) is 1. The van der Waals surface area contributed by atoms with Crippen molar-refractivity contribution in [3.8, 4) is 0 Å². The van der Waals surface area contributed by atoms with Gasteiger partial charge in [-0.15, -0.1) is 0 Å². The fraction of sp³-hybridized carbons (Fsp3) is 0.188. The van der Waals surface area contributed by atoms with Gasteiger partial charge in [-0.25, -0.2) is 4.79 Å². The Labute approximate surface area is 133 Å². The van der Waals surface area contributed by atoms with E-state index in [1.165, 1.54) is 25.4 Å². The van der Waals surface area contributed by atoms with Gasteiger partial charge in [-0.1, -0.05) is 29.8 Å². The second-order valence-electron chi connectivity index (χ2n) is 4.64. The third-order valence-electron chi connectivity index (χ3n) is 3.14. The summed E-state index contributed by atoms with van der Waals surface area (Å²) in [6.45, 7) is 1.84. The molecular weight excluding hydrogens is 304 g/mol. The zero-order valence-corrected chi connectivity index (χ0v) is 12.9. The molecule has 1 unspecified atom stereocenters. The van der Waals surface area contributed by atoms with Crippen LogP contribution in [0.5, 0.6) is 0 Å². The predicted molar refractivity (Wildman–Crippen MR) is 82.9 cm³/mol. The van der Waals surface area contributed by atoms with E-state index >= 15 is 0 Å². The van der Waals surface area contributed by atoms with Gasteiger partial charge in [0.1, 0.15) is 5.69 Å². The highest BCUT2D eigenvalue weighted by Crippen LogP contribution is 2.22. The first-order chi connectivity index (χ1) is 10.5. The zero-order valence-electron chi connectivity index (χ0n) is 12.2. The van der Waals surface area contributed by atoms with Gasteiger partial charge in [0.15, 0.2) is 0 Å². The summed E-state index contributed by atoms with van der Waals surface area (Å²) in [6, 6.07) is 10.0. The largest absolute Gasteiger partial charge is 0.465 e. The number of rotatable bonds is 4. The number of methoxy groups -OCH3 is 1. The number of benzene rings is 1. The van der Waals surface area contributed by atoms with Crippen molar-refractivity contribution in [1.29, 1.82) is 0 Å². The van der Waals surface area contributed by atoms with E-state index in [2.05, 4.69) is 15.0 Å². The van der Waals surface area contributed by atoms with Crippen LogP contribution < -0.4 is 5.32 Å². The molecule has 1 aromatic heterocycles. The minimum atomic E-state index is -0.496. The van der Waals surface area contributed by atoms with E-state index in [0.29, 0.717) is 10.6 Å². The predicted octanol–water partition coefficient (Wildman–Crippen LogP) is 3.01. The zero-order chi connectivity index (χ0) is 16.1. The summed E-state index contributed by atoms with van der Waals surface area (Å²) in [4.78, 5) is 27.4. The molecule has 0 saturated carbocycles. The fourth-order valence-electron chi connectivity index (χ4n) is 1.94. The molecule has 1 aromatic carbocycles. The molecule has 6 heteroatoms. The quantitative estimate of drug-likeness (QED) is 0.880. The highest BCUT2D eigenvalue weighted by Gasteiger charge is 2.15. The average Bonchev–Trinajstić information content (AvgIpc) is 2.54. The number of hydrogen-bond acceptors (Lipinski definition) is 4. The van der Waals surface area contributed by atoms with E-state index in [4.69, 9.17) is 11.6 Å². The molecule has 0 saturated heterocycles. The number of amides is 1. The van der Waals surface area contributed by atoms with Crippen LogP contribution in [0.3, 0.4) is 0 Å². The van der Waals surface area contributed by atoms with Crippen molar-refractivity contribution in [2.75, 3.05) is 7.11 Å². The second kappa shape index (κ2) is 7.04. The van der Waals surface area contributed by atoms with Crippen LogP contribution in [0.1, 0.15) is 39.4 Å². The van der Waals surface area contributed by atoms with E-state index in [9.17, 15) is 9.59 Å². The van der Waals surface area contributed by atoms with Gasteiger partial charge in [-0.05, 0) is 30.7 Å². The second-order valence-corrected chi connectivity index (χ2v) is 5.05. The summed E-state index contributed by atoms with van der Waals surface area (Å²) in [5, 5.41) is 3.40. The van der Waals surface area contributed by atoms with Crippen LogP contribution >= 0.6 is 11.6 Å². The lowest BCUT2D eigenvalue weighted by molar-refractivity contribution is 0.0599. The Morgan fingerprint density at radius 2 is 1.95 bits per heavy atom. The van der Waals surface area contributed by atoms with Gasteiger partial charge < -0.3 is 10.1 Å². The van der Waals surface area contributed by atoms with Crippen molar-refractivity contribution in [2.24, 2.45) is 0 Å². The Balaban J connectivity index is 2.09. The monoisotopic (exact) mass is 318 g/mol. The maximum Gasteiger partial charge on any atom is 0.339 e. The van der Waals surface area contributed by atoms with Crippen molar-refractivity contribution >= 4 is 23.5 Å². The smallest absolute Gasteiger partial charge is 0.339 e. The normalized spacial score (nSPS) is 11.6. The molecule has 0 radical (unpaired) electrons. The van der Waals surface area contributed by atoms with Crippen LogP contribution in [0.4, 0.5) is 0 Å². The minimum absolute atomic E-state index is 0.214. The van der Waals surface area contributed by atoms with Gasteiger partial charge >= 0.3 is 5.97 Å². The molecule has 0 aliphatic carbocycles. The average molecular weight is 319 g/mol. The topological polar surface area (TPSA) is 68.3 Å². The van der Waals surface area contributed by atoms with Gasteiger partial charge in [-0.2, -0.15) is 0 Å². The summed E-state index contributed by atoms with van der Waals surface area (Å²) >= 11 is 6.10. The molecule has 1 amide bonds. The third-order valence-corrected chi connectivity index (χ3v) is 3.48. The number of nitrogens with one attached hydrogen (secondary N) is 1. The molecule has 5 nitrogen and oxygen atoms in total. The molecule has 0 fully saturated rings. The molecule has 114 valence electrons. The molecule has 22 heavy (non-hydrogen) atoms. The number of esters is 1. The Morgan fingerprint density at radius 1 is 1.23 bits per heavy atom. The SMILES string of the molecule is COC(=O)c1ccc(C(=O)NC(C)c2ccccc2Cl)nc1. The highest BCUT2D eigenvalue weighted by atomic mass is 35.5. The molecule has 2 aromatic rings. The minimum Gasteiger partial charge on any atom is -0.465 e. The number of carbonyl (C=O) groups is 2. The number of halogens is 1. The number of hydrogen-bond donors (Lipinski definition) is 1. The van der Waals surface area contributed by atoms with Gasteiger partial charge in [0.2, 0.25) is 0 Å². The van der Waals surface area contributed by atoms with E-state index in [1.54, 1.807) is 6.07 Å². The first kappa shape index (κ1) is 16.0. The van der Waals surface area contributed by atoms with Crippen LogP contribution in [0.25, 0.3) is 0 Å². The maximum atomic E-state index is 12.2. The maximum absolute atomic E-state index is 12.2. The number of aromatic nitrogens is 1. The van der Waals surface area contributed by atoms with Gasteiger partial charge in [-0.3, -0.25) is 9.78 Å². The Kier molecular flexibility index (Phi) is 5.12. The highest BCUT2D eigenvalue weighted by molar-refractivity contribution is 6.31. The molecule has 2 rings (SSSR count). The lowest BCUT2D eigenvalue weighted by Gasteiger charge is -2.15. The van der Waals surface area contributed by atoms with Gasteiger partial charge in [0.05, 0.1) is 18.7 Å². The number of carbonyl (C=O) groups excluding carboxylic acids is 2. The van der Waals surface area contributed by atoms with Gasteiger partial charge in [0, 0.05) is 11.2 Å². The first-order valence-corrected chi connectivity index (χ1v) is 7.00. The summed E-state index contributed by atoms with van der Waals surface area (Å²) in [5.41, 5.74) is 1.33. The van der Waals surface area contributed by atoms with E-state index in [-0.39, 0.29) is 17.6 Å². The number of pyridine rings is 1. The van der Waals surface area contributed by atoms with Crippen molar-refractivity contribution in [2.45, 2.75) is 13.0 Å². The third kappa shape index (κ3) is 3.62. The Morgan fingerprint density at radius 3 is 2.55 bits per heavy atom. The summed E-state index contributed by atoms with van der Waals surface area (Å²) in [6.07, 6.45) is 1.31. The van der Waals surface area contributed by atoms with Crippen molar-refractivity contribution in [3.63, 3.8) is 0 Å². The molecule has 0 aliphatic heterocycles. The molecule has 1 heterocycles. The molecule has 1 atom stereocenters. The standard InChI is InChI=1S/C16H15ClN2O3/c1-10(12-5-3-4-6-13(12)17)19-15(20)14-8-7-11(9-18-14)16(21)22-2/h3-10H,1-2H3,(H,19,20). The van der Waals surface area contributed by atoms with Crippen LogP contribution in [0.15, 0.2) is 42.6 Å². The molecule has 0 aliphatic rings. The summed E-state index contributed by atoms with van der Waals surface area (Å²) < 4.78 is 4.58. The van der Waals surface area contributed by atoms with Crippen LogP contribution in [-0.2, 0) is 4.74 Å². The van der Waals surface area contributed by atoms with Crippen LogP contribution in [0.2, 0.25) is 5.02 Å². The Hall–Kier alpha value is -2.40. The number of ether oxygens (including phenoxy) is 1. The van der Waals surface area contributed by atoms with Crippen molar-refractivity contribution in [3.05, 3.63) is 64.4 Å².